The highest BCUT2D eigenvalue weighted by molar-refractivity contribution is 6.14. The van der Waals surface area contributed by atoms with Gasteiger partial charge in [-0.1, -0.05) is 309 Å². The summed E-state index contributed by atoms with van der Waals surface area (Å²) in [5.41, 5.74) is 31.3. The number of aromatic nitrogens is 9. The third kappa shape index (κ3) is 12.9. The molecule has 0 unspecified atom stereocenters. The predicted molar refractivity (Wildman–Crippen MR) is 522 cm³/mol. The predicted octanol–water partition coefficient (Wildman–Crippen LogP) is 29.9. The minimum atomic E-state index is 0.862. The molecule has 0 aliphatic rings. The Morgan fingerprint density at radius 1 is 0.136 bits per heavy atom. The third-order valence-electron chi connectivity index (χ3n) is 24.6. The van der Waals surface area contributed by atoms with Crippen LogP contribution in [0.2, 0.25) is 0 Å². The van der Waals surface area contributed by atoms with E-state index in [9.17, 15) is 0 Å². The maximum atomic E-state index is 5.22. The van der Waals surface area contributed by atoms with Crippen LogP contribution in [0, 0.1) is 0 Å². The van der Waals surface area contributed by atoms with Gasteiger partial charge in [-0.05, 0) is 254 Å². The first kappa shape index (κ1) is 72.2. The van der Waals surface area contributed by atoms with Crippen molar-refractivity contribution in [2.75, 3.05) is 0 Å². The second-order valence-corrected chi connectivity index (χ2v) is 32.1. The van der Waals surface area contributed by atoms with E-state index < -0.39 is 0 Å². The summed E-state index contributed by atoms with van der Waals surface area (Å²) in [5, 5.41) is 15.8. The molecule has 582 valence electrons. The largest absolute Gasteiger partial charge is 0.293 e. The van der Waals surface area contributed by atoms with Gasteiger partial charge in [-0.25, -0.2) is 29.9 Å². The van der Waals surface area contributed by atoms with E-state index in [4.69, 9.17) is 29.9 Å². The van der Waals surface area contributed by atoms with Crippen molar-refractivity contribution in [3.63, 3.8) is 0 Å². The zero-order valence-electron chi connectivity index (χ0n) is 67.7. The van der Waals surface area contributed by atoms with Crippen molar-refractivity contribution in [2.24, 2.45) is 0 Å². The number of hydrogen-bond acceptors (Lipinski definition) is 6. The molecule has 125 heavy (non-hydrogen) atoms. The lowest BCUT2D eigenvalue weighted by atomic mass is 9.93. The van der Waals surface area contributed by atoms with Gasteiger partial charge in [0.25, 0.3) is 0 Å². The van der Waals surface area contributed by atoms with Crippen LogP contribution in [-0.4, -0.2) is 43.6 Å². The van der Waals surface area contributed by atoms with E-state index in [2.05, 4.69) is 402 Å². The fourth-order valence-corrected chi connectivity index (χ4v) is 18.5. The van der Waals surface area contributed by atoms with Crippen molar-refractivity contribution >= 4 is 153 Å². The maximum Gasteiger partial charge on any atom is 0.165 e. The van der Waals surface area contributed by atoms with E-state index in [0.717, 1.165) is 133 Å². The molecule has 0 N–H and O–H groups in total. The smallest absolute Gasteiger partial charge is 0.165 e. The molecule has 0 saturated carbocycles. The average molecular weight is 1590 g/mol. The van der Waals surface area contributed by atoms with Crippen LogP contribution in [0.25, 0.3) is 237 Å². The second kappa shape index (κ2) is 30.1. The number of para-hydroxylation sites is 6. The Morgan fingerprint density at radius 3 is 1.01 bits per heavy atom. The minimum Gasteiger partial charge on any atom is -0.293 e. The number of rotatable bonds is 9. The van der Waals surface area contributed by atoms with Gasteiger partial charge in [-0.15, -0.1) is 0 Å². The molecule has 0 saturated heterocycles. The van der Waals surface area contributed by atoms with Crippen LogP contribution in [0.4, 0.5) is 0 Å². The molecule has 0 amide bonds. The molecule has 9 heteroatoms. The summed E-state index contributed by atoms with van der Waals surface area (Å²) < 4.78 is 6.72. The van der Waals surface area contributed by atoms with Crippen LogP contribution < -0.4 is 0 Å². The Hall–Kier alpha value is -16.9. The Labute approximate surface area is 718 Å². The summed E-state index contributed by atoms with van der Waals surface area (Å²) in [4.78, 5) is 31.0. The molecule has 0 radical (unpaired) electrons. The molecule has 6 aromatic heterocycles. The molecule has 0 spiro atoms. The summed E-state index contributed by atoms with van der Waals surface area (Å²) in [6.07, 6.45) is 0. The van der Waals surface area contributed by atoms with Crippen molar-refractivity contribution in [3.05, 3.63) is 443 Å². The van der Waals surface area contributed by atoms with Crippen molar-refractivity contribution in [1.82, 2.24) is 43.6 Å². The second-order valence-electron chi connectivity index (χ2n) is 32.1. The summed E-state index contributed by atoms with van der Waals surface area (Å²) in [6, 6.07) is 157. The summed E-state index contributed by atoms with van der Waals surface area (Å²) in [7, 11) is 0. The van der Waals surface area contributed by atoms with E-state index in [1.807, 2.05) is 54.6 Å². The highest BCUT2D eigenvalue weighted by Gasteiger charge is 2.23. The first-order valence-corrected chi connectivity index (χ1v) is 42.4. The Kier molecular flexibility index (Phi) is 17.4. The van der Waals surface area contributed by atoms with Crippen LogP contribution >= 0.6 is 0 Å². The van der Waals surface area contributed by atoms with E-state index >= 15 is 0 Å². The highest BCUT2D eigenvalue weighted by Crippen LogP contribution is 2.42. The summed E-state index contributed by atoms with van der Waals surface area (Å²) in [6.45, 7) is 0. The lowest BCUT2D eigenvalue weighted by Crippen LogP contribution is -1.97. The van der Waals surface area contributed by atoms with E-state index in [1.165, 1.54) is 104 Å². The first-order chi connectivity index (χ1) is 61.9. The summed E-state index contributed by atoms with van der Waals surface area (Å²) >= 11 is 0. The molecular formula is C116H73N9. The lowest BCUT2D eigenvalue weighted by Gasteiger charge is -2.12. The molecule has 9 nitrogen and oxygen atoms in total. The van der Waals surface area contributed by atoms with E-state index in [-0.39, 0.29) is 0 Å². The topological polar surface area (TPSA) is 92.1 Å². The van der Waals surface area contributed by atoms with E-state index in [1.54, 1.807) is 0 Å². The zero-order valence-corrected chi connectivity index (χ0v) is 67.7. The molecular weight excluding hydrogens is 1520 g/mol. The maximum absolute atomic E-state index is 5.22. The molecule has 26 rings (SSSR count). The van der Waals surface area contributed by atoms with Gasteiger partial charge in [-0.2, -0.15) is 0 Å². The minimum absolute atomic E-state index is 0.862. The van der Waals surface area contributed by atoms with Crippen LogP contribution in [0.1, 0.15) is 0 Å². The number of fused-ring (bicyclic) bond motifs is 19. The Morgan fingerprint density at radius 2 is 0.464 bits per heavy atom. The first-order valence-electron chi connectivity index (χ1n) is 42.4. The fourth-order valence-electron chi connectivity index (χ4n) is 18.5. The Bertz CT molecular complexity index is 8740. The SMILES string of the molecule is c1ccc(-c2cc(-c3ccccc3)cc(-c3ccc4nc5c(nc4c3)c3ccccc3n5-c3ccccc3)c2)cc1.c1ccc(-c2cccc(-n3c4ccc(-c5ccc6c(ccc7ccccc76)c5)cc4c4nc5ccccc5nc43)c2)cc1.c1ccc2cc(-n3c4ccc(-c5ccc6c(ccc7ccccc76)c5)cc4c4nc5ccccc5nc43)ccc2c1. The van der Waals surface area contributed by atoms with Gasteiger partial charge in [-0.3, -0.25) is 13.7 Å². The van der Waals surface area contributed by atoms with Crippen LogP contribution in [0.3, 0.4) is 0 Å². The van der Waals surface area contributed by atoms with Gasteiger partial charge < -0.3 is 0 Å². The molecule has 0 atom stereocenters. The number of benzene rings is 20. The van der Waals surface area contributed by atoms with E-state index in [0.29, 0.717) is 0 Å². The van der Waals surface area contributed by atoms with Crippen molar-refractivity contribution in [2.45, 2.75) is 0 Å². The molecule has 0 aliphatic heterocycles. The average Bonchev–Trinajstić information content (AvgIpc) is 1.59. The van der Waals surface area contributed by atoms with Gasteiger partial charge in [0.15, 0.2) is 16.9 Å². The van der Waals surface area contributed by atoms with Crippen LogP contribution in [-0.2, 0) is 0 Å². The number of nitrogens with zero attached hydrogens (tertiary/aromatic N) is 9. The van der Waals surface area contributed by atoms with Gasteiger partial charge in [0.2, 0.25) is 0 Å². The third-order valence-corrected chi connectivity index (χ3v) is 24.6. The molecule has 20 aromatic carbocycles. The Balaban J connectivity index is 0.000000105. The van der Waals surface area contributed by atoms with Crippen molar-refractivity contribution < 1.29 is 0 Å². The molecule has 26 aromatic rings. The molecule has 0 aliphatic carbocycles. The number of hydrogen-bond donors (Lipinski definition) is 0. The summed E-state index contributed by atoms with van der Waals surface area (Å²) in [5.74, 6) is 0. The van der Waals surface area contributed by atoms with Gasteiger partial charge in [0, 0.05) is 33.2 Å². The normalized spacial score (nSPS) is 11.7. The molecule has 0 fully saturated rings. The van der Waals surface area contributed by atoms with Crippen molar-refractivity contribution in [3.8, 4) is 83.8 Å². The van der Waals surface area contributed by atoms with Gasteiger partial charge >= 0.3 is 0 Å². The standard InChI is InChI=1S/C40H25N3.C38H23N3.C38H25N3/c1-2-9-26(10-3-1)28-12-8-13-32(24-28)43-38-22-20-30(25-35(38)39-40(43)42-37-16-7-6-15-36(37)41-39)29-19-21-34-31(23-29)18-17-27-11-4-5-14-33(27)34;1-2-9-26-22-30(18-15-24(26)7-1)41-36-20-17-28(23-33(36)37-38(41)40-35-12-6-5-11-34(35)39-37)27-16-19-32-29(21-27)14-13-25-8-3-4-10-31(25)32;1-4-12-26(13-5-1)29-22-30(27-14-6-2-7-15-27)24-31(23-29)28-20-21-34-35(25-28)39-37-33-18-10-11-19-36(33)41(38(37)40-34)32-16-8-3-9-17-32/h1-25H;1-23H;1-25H. The zero-order chi connectivity index (χ0) is 82.4. The fraction of sp³-hybridized carbons (Fsp3) is 0. The molecule has 6 heterocycles. The van der Waals surface area contributed by atoms with Gasteiger partial charge in [0.1, 0.15) is 16.6 Å². The van der Waals surface area contributed by atoms with Crippen LogP contribution in [0.15, 0.2) is 443 Å². The van der Waals surface area contributed by atoms with Crippen molar-refractivity contribution in [1.29, 1.82) is 0 Å². The monoisotopic (exact) mass is 1590 g/mol. The van der Waals surface area contributed by atoms with Crippen LogP contribution in [0.5, 0.6) is 0 Å². The molecule has 0 bridgehead atoms. The lowest BCUT2D eigenvalue weighted by molar-refractivity contribution is 1.14. The van der Waals surface area contributed by atoms with Gasteiger partial charge in [0.05, 0.1) is 49.7 Å². The highest BCUT2D eigenvalue weighted by atomic mass is 15.1. The quantitative estimate of drug-likeness (QED) is 0.134.